The minimum atomic E-state index is 0.523. The van der Waals surface area contributed by atoms with Crippen molar-refractivity contribution < 1.29 is 0 Å². The summed E-state index contributed by atoms with van der Waals surface area (Å²) in [6, 6.07) is 13.5. The van der Waals surface area contributed by atoms with Crippen LogP contribution in [0.3, 0.4) is 0 Å². The number of nitrogens with one attached hydrogen (secondary N) is 2. The van der Waals surface area contributed by atoms with Gasteiger partial charge in [0.25, 0.3) is 0 Å². The molecule has 134 valence electrons. The number of nitrogens with zero attached hydrogens (tertiary/aromatic N) is 2. The van der Waals surface area contributed by atoms with Crippen molar-refractivity contribution in [2.45, 2.75) is 19.9 Å². The van der Waals surface area contributed by atoms with E-state index in [1.165, 1.54) is 5.56 Å². The van der Waals surface area contributed by atoms with Crippen LogP contribution in [0.15, 0.2) is 54.9 Å². The van der Waals surface area contributed by atoms with Gasteiger partial charge in [0.05, 0.1) is 18.4 Å². The van der Waals surface area contributed by atoms with E-state index >= 15 is 0 Å². The molecule has 0 spiro atoms. The maximum absolute atomic E-state index is 6.22. The van der Waals surface area contributed by atoms with Crippen LogP contribution in [0.1, 0.15) is 18.1 Å². The molecular weight excluding hydrogens is 387 g/mol. The average Bonchev–Trinajstić information content (AvgIpc) is 3.04. The van der Waals surface area contributed by atoms with Gasteiger partial charge in [0.1, 0.15) is 0 Å². The van der Waals surface area contributed by atoms with Gasteiger partial charge in [-0.2, -0.15) is 5.10 Å². The third-order valence-electron chi connectivity index (χ3n) is 3.89. The van der Waals surface area contributed by atoms with Crippen molar-refractivity contribution in [3.63, 3.8) is 0 Å². The Balaban J connectivity index is 1.63. The first-order valence-corrected chi connectivity index (χ1v) is 9.34. The molecule has 26 heavy (non-hydrogen) atoms. The zero-order chi connectivity index (χ0) is 18.5. The van der Waals surface area contributed by atoms with E-state index in [1.54, 1.807) is 16.9 Å². The van der Waals surface area contributed by atoms with Crippen molar-refractivity contribution in [1.29, 1.82) is 0 Å². The van der Waals surface area contributed by atoms with E-state index in [4.69, 9.17) is 35.4 Å². The van der Waals surface area contributed by atoms with Crippen LogP contribution in [0.25, 0.3) is 0 Å². The second kappa shape index (κ2) is 8.54. The van der Waals surface area contributed by atoms with E-state index < -0.39 is 0 Å². The standard InChI is InChI=1S/C19H18Cl2N4S/c1-2-13-5-3-4-6-18(13)24-19(26)23-16-10-22-25(12-16)11-14-7-8-15(20)9-17(14)21/h3-10,12H,2,11H2,1H3,(H2,23,24,26). The third kappa shape index (κ3) is 4.75. The molecule has 0 unspecified atom stereocenters. The van der Waals surface area contributed by atoms with Gasteiger partial charge in [0.15, 0.2) is 5.11 Å². The molecule has 0 aliphatic rings. The zero-order valence-corrected chi connectivity index (χ0v) is 16.5. The monoisotopic (exact) mass is 404 g/mol. The SMILES string of the molecule is CCc1ccccc1NC(=S)Nc1cnn(Cc2ccc(Cl)cc2Cl)c1. The molecule has 0 saturated carbocycles. The molecule has 0 bridgehead atoms. The lowest BCUT2D eigenvalue weighted by atomic mass is 10.1. The summed E-state index contributed by atoms with van der Waals surface area (Å²) in [7, 11) is 0. The van der Waals surface area contributed by atoms with Crippen molar-refractivity contribution in [1.82, 2.24) is 9.78 Å². The fraction of sp³-hybridized carbons (Fsp3) is 0.158. The summed E-state index contributed by atoms with van der Waals surface area (Å²) in [5.74, 6) is 0. The van der Waals surface area contributed by atoms with Crippen molar-refractivity contribution in [2.24, 2.45) is 0 Å². The van der Waals surface area contributed by atoms with Gasteiger partial charge in [0, 0.05) is 21.9 Å². The molecule has 2 aromatic carbocycles. The number of thiocarbonyl (C=S) groups is 1. The first kappa shape index (κ1) is 18.7. The van der Waals surface area contributed by atoms with Crippen LogP contribution in [0.5, 0.6) is 0 Å². The molecule has 4 nitrogen and oxygen atoms in total. The molecule has 3 rings (SSSR count). The molecule has 7 heteroatoms. The maximum Gasteiger partial charge on any atom is 0.175 e. The molecule has 0 aliphatic heterocycles. The highest BCUT2D eigenvalue weighted by molar-refractivity contribution is 7.80. The molecule has 0 aliphatic carbocycles. The lowest BCUT2D eigenvalue weighted by Crippen LogP contribution is -2.19. The molecular formula is C19H18Cl2N4S. The number of hydrogen-bond donors (Lipinski definition) is 2. The Morgan fingerprint density at radius 2 is 1.92 bits per heavy atom. The van der Waals surface area contributed by atoms with Crippen LogP contribution in [-0.2, 0) is 13.0 Å². The molecule has 1 aromatic heterocycles. The van der Waals surface area contributed by atoms with Gasteiger partial charge in [-0.25, -0.2) is 0 Å². The second-order valence-corrected chi connectivity index (χ2v) is 7.00. The van der Waals surface area contributed by atoms with Crippen molar-refractivity contribution in [3.05, 3.63) is 76.0 Å². The minimum Gasteiger partial charge on any atom is -0.332 e. The summed E-state index contributed by atoms with van der Waals surface area (Å²) in [4.78, 5) is 0. The Labute approximate surface area is 168 Å². The Morgan fingerprint density at radius 3 is 2.69 bits per heavy atom. The van der Waals surface area contributed by atoms with E-state index in [-0.39, 0.29) is 0 Å². The number of rotatable bonds is 5. The van der Waals surface area contributed by atoms with Crippen LogP contribution in [0, 0.1) is 0 Å². The topological polar surface area (TPSA) is 41.9 Å². The van der Waals surface area contributed by atoms with E-state index in [9.17, 15) is 0 Å². The first-order valence-electron chi connectivity index (χ1n) is 8.17. The van der Waals surface area contributed by atoms with E-state index in [2.05, 4.69) is 28.7 Å². The van der Waals surface area contributed by atoms with Crippen LogP contribution >= 0.6 is 35.4 Å². The lowest BCUT2D eigenvalue weighted by molar-refractivity contribution is 0.687. The van der Waals surface area contributed by atoms with E-state index in [0.29, 0.717) is 21.7 Å². The highest BCUT2D eigenvalue weighted by atomic mass is 35.5. The first-order chi connectivity index (χ1) is 12.5. The molecule has 2 N–H and O–H groups in total. The van der Waals surface area contributed by atoms with Gasteiger partial charge >= 0.3 is 0 Å². The second-order valence-electron chi connectivity index (χ2n) is 5.75. The number of aryl methyl sites for hydroxylation is 1. The Bertz CT molecular complexity index is 923. The number of para-hydroxylation sites is 1. The molecule has 1 heterocycles. The molecule has 0 fully saturated rings. The lowest BCUT2D eigenvalue weighted by Gasteiger charge is -2.12. The normalized spacial score (nSPS) is 10.6. The molecule has 0 radical (unpaired) electrons. The predicted molar refractivity (Wildman–Crippen MR) is 113 cm³/mol. The van der Waals surface area contributed by atoms with Gasteiger partial charge in [-0.1, -0.05) is 54.4 Å². The number of hydrogen-bond acceptors (Lipinski definition) is 2. The summed E-state index contributed by atoms with van der Waals surface area (Å²) in [5, 5.41) is 12.5. The van der Waals surface area contributed by atoms with Gasteiger partial charge in [-0.15, -0.1) is 0 Å². The predicted octanol–water partition coefficient (Wildman–Crippen LogP) is 5.61. The maximum atomic E-state index is 6.22. The number of anilines is 2. The fourth-order valence-electron chi connectivity index (χ4n) is 2.57. The molecule has 3 aromatic rings. The highest BCUT2D eigenvalue weighted by Crippen LogP contribution is 2.22. The largest absolute Gasteiger partial charge is 0.332 e. The minimum absolute atomic E-state index is 0.523. The Kier molecular flexibility index (Phi) is 6.14. The van der Waals surface area contributed by atoms with Crippen molar-refractivity contribution in [3.8, 4) is 0 Å². The smallest absolute Gasteiger partial charge is 0.175 e. The van der Waals surface area contributed by atoms with Gasteiger partial charge in [0.2, 0.25) is 0 Å². The van der Waals surface area contributed by atoms with Gasteiger partial charge < -0.3 is 10.6 Å². The van der Waals surface area contributed by atoms with Crippen LogP contribution < -0.4 is 10.6 Å². The molecule has 0 amide bonds. The Morgan fingerprint density at radius 1 is 1.12 bits per heavy atom. The van der Waals surface area contributed by atoms with Crippen molar-refractivity contribution in [2.75, 3.05) is 10.6 Å². The van der Waals surface area contributed by atoms with Crippen LogP contribution in [0.2, 0.25) is 10.0 Å². The molecule has 0 saturated heterocycles. The number of halogens is 2. The number of aromatic nitrogens is 2. The summed E-state index contributed by atoms with van der Waals surface area (Å²) in [6.07, 6.45) is 4.54. The van der Waals surface area contributed by atoms with E-state index in [0.717, 1.165) is 23.4 Å². The summed E-state index contributed by atoms with van der Waals surface area (Å²) in [6.45, 7) is 2.67. The fourth-order valence-corrected chi connectivity index (χ4v) is 3.27. The van der Waals surface area contributed by atoms with E-state index in [1.807, 2.05) is 36.5 Å². The van der Waals surface area contributed by atoms with Crippen LogP contribution in [-0.4, -0.2) is 14.9 Å². The van der Waals surface area contributed by atoms with Gasteiger partial charge in [-0.3, -0.25) is 4.68 Å². The van der Waals surface area contributed by atoms with Gasteiger partial charge in [-0.05, 0) is 48.0 Å². The van der Waals surface area contributed by atoms with Crippen LogP contribution in [0.4, 0.5) is 11.4 Å². The summed E-state index contributed by atoms with van der Waals surface area (Å²) in [5.41, 5.74) is 3.97. The third-order valence-corrected chi connectivity index (χ3v) is 4.68. The highest BCUT2D eigenvalue weighted by Gasteiger charge is 2.07. The summed E-state index contributed by atoms with van der Waals surface area (Å²) < 4.78 is 1.79. The Hall–Kier alpha value is -2.08. The summed E-state index contributed by atoms with van der Waals surface area (Å²) >= 11 is 17.6. The average molecular weight is 405 g/mol. The van der Waals surface area contributed by atoms with Crippen molar-refractivity contribution >= 4 is 51.9 Å². The quantitative estimate of drug-likeness (QED) is 0.542. The molecule has 0 atom stereocenters. The number of benzene rings is 2. The zero-order valence-electron chi connectivity index (χ0n) is 14.2.